The van der Waals surface area contributed by atoms with Gasteiger partial charge in [0, 0.05) is 6.54 Å². The van der Waals surface area contributed by atoms with Gasteiger partial charge in [0.05, 0.1) is 34.1 Å². The highest BCUT2D eigenvalue weighted by molar-refractivity contribution is 7.89. The second kappa shape index (κ2) is 9.82. The lowest BCUT2D eigenvalue weighted by Gasteiger charge is -2.57. The van der Waals surface area contributed by atoms with Gasteiger partial charge in [-0.05, 0) is 105 Å². The molecule has 2 N–H and O–H groups in total. The van der Waals surface area contributed by atoms with E-state index in [-0.39, 0.29) is 29.7 Å². The summed E-state index contributed by atoms with van der Waals surface area (Å²) in [6.45, 7) is 0.236. The number of sulfonamides is 1. The van der Waals surface area contributed by atoms with Crippen LogP contribution in [-0.4, -0.2) is 43.6 Å². The normalized spacial score (nSPS) is 29.1. The molecule has 208 valence electrons. The van der Waals surface area contributed by atoms with Gasteiger partial charge < -0.3 is 4.90 Å². The fraction of sp³-hybridized carbons (Fsp3) is 0.467. The number of carbonyl (C=O) groups is 3. The summed E-state index contributed by atoms with van der Waals surface area (Å²) < 4.78 is 23.3. The third kappa shape index (κ3) is 4.71. The van der Waals surface area contributed by atoms with Crippen molar-refractivity contribution in [3.63, 3.8) is 0 Å². The summed E-state index contributed by atoms with van der Waals surface area (Å²) in [6.07, 6.45) is 6.35. The molecule has 0 spiro atoms. The average molecular weight is 561 g/mol. The van der Waals surface area contributed by atoms with E-state index in [0.29, 0.717) is 35.4 Å². The fourth-order valence-corrected chi connectivity index (χ4v) is 8.50. The highest BCUT2D eigenvalue weighted by Crippen LogP contribution is 2.60. The highest BCUT2D eigenvalue weighted by Gasteiger charge is 2.57. The molecule has 4 bridgehead atoms. The van der Waals surface area contributed by atoms with E-state index in [9.17, 15) is 22.8 Å². The topological polar surface area (TPSA) is 142 Å². The van der Waals surface area contributed by atoms with E-state index in [2.05, 4.69) is 0 Å². The van der Waals surface area contributed by atoms with Crippen LogP contribution in [0, 0.1) is 34.5 Å². The van der Waals surface area contributed by atoms with Crippen LogP contribution in [-0.2, 0) is 30.8 Å². The summed E-state index contributed by atoms with van der Waals surface area (Å²) in [5.74, 6) is 0.787. The minimum Gasteiger partial charge on any atom is -0.329 e. The van der Waals surface area contributed by atoms with E-state index in [4.69, 9.17) is 10.4 Å². The minimum atomic E-state index is -3.82. The molecule has 40 heavy (non-hydrogen) atoms. The number of carbonyl (C=O) groups excluding carboxylic acids is 3. The Morgan fingerprint density at radius 3 is 2.08 bits per heavy atom. The van der Waals surface area contributed by atoms with Gasteiger partial charge in [-0.3, -0.25) is 14.4 Å². The smallest absolute Gasteiger partial charge is 0.257 e. The molecule has 4 saturated carbocycles. The number of primary sulfonamides is 1. The van der Waals surface area contributed by atoms with E-state index in [1.165, 1.54) is 31.4 Å². The quantitative estimate of drug-likeness (QED) is 0.516. The number of nitrogens with zero attached hydrogens (tertiary/aromatic N) is 3. The largest absolute Gasteiger partial charge is 0.329 e. The minimum absolute atomic E-state index is 0.00683. The monoisotopic (exact) mass is 560 g/mol. The van der Waals surface area contributed by atoms with Crippen molar-refractivity contribution in [3.8, 4) is 6.07 Å². The number of imide groups is 1. The Labute approximate surface area is 234 Å². The first kappa shape index (κ1) is 26.7. The van der Waals surface area contributed by atoms with Gasteiger partial charge in [0.2, 0.25) is 21.8 Å². The molecule has 9 nitrogen and oxygen atoms in total. The summed E-state index contributed by atoms with van der Waals surface area (Å²) in [4.78, 5) is 44.2. The van der Waals surface area contributed by atoms with Crippen LogP contribution < -0.4 is 10.0 Å². The number of hydrogen-bond acceptors (Lipinski definition) is 6. The first-order valence-corrected chi connectivity index (χ1v) is 15.4. The molecule has 2 aromatic rings. The van der Waals surface area contributed by atoms with Crippen LogP contribution in [0.25, 0.3) is 0 Å². The SMILES string of the molecule is N#Cc1ccc(N2C(=O)CC(N(CCc3ccc(S(N)(=O)=O)cc3)C(=O)C34CC5CC(CC(C5)C3)C4)C2=O)cc1. The second-order valence-corrected chi connectivity index (χ2v) is 13.6. The van der Waals surface area contributed by atoms with Gasteiger partial charge >= 0.3 is 0 Å². The number of amides is 3. The maximum absolute atomic E-state index is 14.5. The van der Waals surface area contributed by atoms with Crippen LogP contribution >= 0.6 is 0 Å². The van der Waals surface area contributed by atoms with Gasteiger partial charge in [0.25, 0.3) is 5.91 Å². The Morgan fingerprint density at radius 1 is 0.975 bits per heavy atom. The zero-order valence-electron chi connectivity index (χ0n) is 22.2. The van der Waals surface area contributed by atoms with Gasteiger partial charge in [0.1, 0.15) is 6.04 Å². The number of anilines is 1. The molecule has 10 heteroatoms. The lowest BCUT2D eigenvalue weighted by molar-refractivity contribution is -0.161. The Bertz CT molecular complexity index is 1480. The van der Waals surface area contributed by atoms with Crippen LogP contribution in [0.5, 0.6) is 0 Å². The Balaban J connectivity index is 1.29. The van der Waals surface area contributed by atoms with Gasteiger partial charge in [-0.2, -0.15) is 5.26 Å². The fourth-order valence-electron chi connectivity index (χ4n) is 7.99. The summed E-state index contributed by atoms with van der Waals surface area (Å²) in [7, 11) is -3.82. The van der Waals surface area contributed by atoms with Crippen LogP contribution in [0.2, 0.25) is 0 Å². The standard InChI is InChI=1S/C30H32N4O5S/c31-18-20-1-5-24(6-2-20)34-27(35)14-26(28(34)36)33(10-9-19-3-7-25(8-4-19)40(32,38)39)29(37)30-15-21-11-22(16-30)13-23(12-21)17-30/h1-8,21-23,26H,9-17H2,(H2,32,38,39). The molecule has 1 saturated heterocycles. The predicted octanol–water partition coefficient (Wildman–Crippen LogP) is 3.13. The van der Waals surface area contributed by atoms with Crippen molar-refractivity contribution in [2.24, 2.45) is 28.3 Å². The molecule has 1 heterocycles. The van der Waals surface area contributed by atoms with E-state index in [1.807, 2.05) is 6.07 Å². The van der Waals surface area contributed by atoms with Crippen molar-refractivity contribution < 1.29 is 22.8 Å². The van der Waals surface area contributed by atoms with E-state index in [1.54, 1.807) is 41.3 Å². The van der Waals surface area contributed by atoms with Crippen LogP contribution in [0.1, 0.15) is 56.1 Å². The molecule has 5 fully saturated rings. The lowest BCUT2D eigenvalue weighted by Crippen LogP contribution is -2.58. The number of hydrogen-bond donors (Lipinski definition) is 1. The number of benzene rings is 2. The van der Waals surface area contributed by atoms with Crippen LogP contribution in [0.3, 0.4) is 0 Å². The molecular formula is C30H32N4O5S. The third-order valence-corrected chi connectivity index (χ3v) is 10.3. The number of nitrogens with two attached hydrogens (primary N) is 1. The van der Waals surface area contributed by atoms with Crippen LogP contribution in [0.15, 0.2) is 53.4 Å². The van der Waals surface area contributed by atoms with Gasteiger partial charge in [-0.25, -0.2) is 18.5 Å². The zero-order chi connectivity index (χ0) is 28.2. The van der Waals surface area contributed by atoms with Crippen molar-refractivity contribution in [2.45, 2.75) is 62.3 Å². The molecule has 3 amide bonds. The third-order valence-electron chi connectivity index (χ3n) is 9.40. The van der Waals surface area contributed by atoms with Crippen molar-refractivity contribution in [3.05, 3.63) is 59.7 Å². The summed E-state index contributed by atoms with van der Waals surface area (Å²) in [5, 5.41) is 14.4. The Kier molecular flexibility index (Phi) is 6.55. The molecule has 4 aliphatic carbocycles. The first-order chi connectivity index (χ1) is 19.1. The number of rotatable bonds is 7. The van der Waals surface area contributed by atoms with Crippen molar-refractivity contribution >= 4 is 33.4 Å². The van der Waals surface area contributed by atoms with Crippen molar-refractivity contribution in [1.29, 1.82) is 5.26 Å². The summed E-state index contributed by atoms with van der Waals surface area (Å²) >= 11 is 0. The second-order valence-electron chi connectivity index (χ2n) is 12.1. The Hall–Kier alpha value is -3.55. The highest BCUT2D eigenvalue weighted by atomic mass is 32.2. The first-order valence-electron chi connectivity index (χ1n) is 13.9. The summed E-state index contributed by atoms with van der Waals surface area (Å²) in [6, 6.07) is 13.6. The average Bonchev–Trinajstić information content (AvgIpc) is 3.21. The van der Waals surface area contributed by atoms with E-state index in [0.717, 1.165) is 29.7 Å². The molecule has 1 aliphatic heterocycles. The summed E-state index contributed by atoms with van der Waals surface area (Å²) in [5.41, 5.74) is 1.12. The Morgan fingerprint density at radius 2 is 1.55 bits per heavy atom. The molecule has 0 aromatic heterocycles. The molecule has 7 rings (SSSR count). The molecule has 1 unspecified atom stereocenters. The van der Waals surface area contributed by atoms with Gasteiger partial charge in [-0.15, -0.1) is 0 Å². The van der Waals surface area contributed by atoms with E-state index >= 15 is 0 Å². The van der Waals surface area contributed by atoms with Gasteiger partial charge in [0.15, 0.2) is 0 Å². The van der Waals surface area contributed by atoms with E-state index < -0.39 is 27.4 Å². The molecule has 0 radical (unpaired) electrons. The molecule has 2 aromatic carbocycles. The van der Waals surface area contributed by atoms with Crippen molar-refractivity contribution in [2.75, 3.05) is 11.4 Å². The maximum Gasteiger partial charge on any atom is 0.257 e. The molecular weight excluding hydrogens is 528 g/mol. The maximum atomic E-state index is 14.5. The van der Waals surface area contributed by atoms with Crippen molar-refractivity contribution in [1.82, 2.24) is 4.90 Å². The zero-order valence-corrected chi connectivity index (χ0v) is 23.0. The molecule has 5 aliphatic rings. The van der Waals surface area contributed by atoms with Gasteiger partial charge in [-0.1, -0.05) is 12.1 Å². The predicted molar refractivity (Wildman–Crippen MR) is 146 cm³/mol. The lowest BCUT2D eigenvalue weighted by atomic mass is 9.49. The number of nitriles is 1. The molecule has 1 atom stereocenters. The van der Waals surface area contributed by atoms with Crippen LogP contribution in [0.4, 0.5) is 5.69 Å².